The zero-order chi connectivity index (χ0) is 20.1. The maximum Gasteiger partial charge on any atom is 0.226 e. The zero-order valence-corrected chi connectivity index (χ0v) is 16.3. The fourth-order valence-electron chi connectivity index (χ4n) is 5.59. The van der Waals surface area contributed by atoms with Gasteiger partial charge in [-0.3, -0.25) is 14.4 Å². The predicted octanol–water partition coefficient (Wildman–Crippen LogP) is 3.24. The highest BCUT2D eigenvalue weighted by atomic mass is 16.3. The highest BCUT2D eigenvalue weighted by Crippen LogP contribution is 2.61. The summed E-state index contributed by atoms with van der Waals surface area (Å²) in [5.41, 5.74) is 0.372. The summed E-state index contributed by atoms with van der Waals surface area (Å²) >= 11 is 0. The molecule has 2 fully saturated rings. The van der Waals surface area contributed by atoms with Gasteiger partial charge in [0.05, 0.1) is 6.61 Å². The number of allylic oxidation sites excluding steroid dienone is 4. The minimum atomic E-state index is -0.686. The average molecular weight is 372 g/mol. The third-order valence-electron chi connectivity index (χ3n) is 7.29. The lowest BCUT2D eigenvalue weighted by Gasteiger charge is -2.57. The van der Waals surface area contributed by atoms with E-state index in [1.807, 2.05) is 13.8 Å². The van der Waals surface area contributed by atoms with Crippen molar-refractivity contribution >= 4 is 17.3 Å². The maximum atomic E-state index is 12.5. The molecular formula is C22H28O5. The van der Waals surface area contributed by atoms with Gasteiger partial charge in [0.1, 0.15) is 5.78 Å². The monoisotopic (exact) mass is 372 g/mol. The molecule has 3 aliphatic carbocycles. The van der Waals surface area contributed by atoms with Gasteiger partial charge in [-0.1, -0.05) is 32.9 Å². The molecule has 0 aromatic heterocycles. The molecule has 0 aromatic carbocycles. The van der Waals surface area contributed by atoms with Crippen LogP contribution in [-0.2, 0) is 14.4 Å². The molecule has 27 heavy (non-hydrogen) atoms. The Bertz CT molecular complexity index is 798. The first-order valence-electron chi connectivity index (χ1n) is 9.57. The van der Waals surface area contributed by atoms with Gasteiger partial charge in [-0.05, 0) is 49.0 Å². The minimum absolute atomic E-state index is 0.0819. The van der Waals surface area contributed by atoms with Gasteiger partial charge in [-0.15, -0.1) is 0 Å². The molecule has 0 unspecified atom stereocenters. The molecule has 0 spiro atoms. The van der Waals surface area contributed by atoms with Crippen LogP contribution in [-0.4, -0.2) is 34.2 Å². The Kier molecular flexibility index (Phi) is 4.79. The molecular weight excluding hydrogens is 344 g/mol. The van der Waals surface area contributed by atoms with Crippen LogP contribution in [0.2, 0.25) is 0 Å². The summed E-state index contributed by atoms with van der Waals surface area (Å²) in [6.45, 7) is 9.81. The molecule has 146 valence electrons. The molecule has 3 rings (SSSR count). The van der Waals surface area contributed by atoms with E-state index >= 15 is 0 Å². The van der Waals surface area contributed by atoms with E-state index in [0.29, 0.717) is 6.42 Å². The Balaban J connectivity index is 1.97. The Morgan fingerprint density at radius 3 is 2.48 bits per heavy atom. The van der Waals surface area contributed by atoms with E-state index in [0.717, 1.165) is 30.9 Å². The molecule has 2 N–H and O–H groups in total. The van der Waals surface area contributed by atoms with Crippen molar-refractivity contribution in [2.24, 2.45) is 22.7 Å². The van der Waals surface area contributed by atoms with E-state index in [-0.39, 0.29) is 40.6 Å². The smallest absolute Gasteiger partial charge is 0.226 e. The van der Waals surface area contributed by atoms with Gasteiger partial charge in [0.2, 0.25) is 5.78 Å². The van der Waals surface area contributed by atoms with E-state index in [2.05, 4.69) is 13.5 Å². The Morgan fingerprint density at radius 1 is 1.19 bits per heavy atom. The van der Waals surface area contributed by atoms with Crippen LogP contribution in [0.15, 0.2) is 35.1 Å². The summed E-state index contributed by atoms with van der Waals surface area (Å²) in [5.74, 6) is -1.31. The van der Waals surface area contributed by atoms with Crippen LogP contribution in [0, 0.1) is 22.7 Å². The van der Waals surface area contributed by atoms with Crippen LogP contribution >= 0.6 is 0 Å². The first-order valence-corrected chi connectivity index (χ1v) is 9.57. The summed E-state index contributed by atoms with van der Waals surface area (Å²) < 4.78 is 0. The van der Waals surface area contributed by atoms with Crippen LogP contribution in [0.1, 0.15) is 52.9 Å². The average Bonchev–Trinajstić information content (AvgIpc) is 2.60. The van der Waals surface area contributed by atoms with Crippen molar-refractivity contribution in [1.29, 1.82) is 0 Å². The Labute approximate surface area is 159 Å². The van der Waals surface area contributed by atoms with Crippen molar-refractivity contribution in [2.45, 2.75) is 52.9 Å². The Morgan fingerprint density at radius 2 is 1.85 bits per heavy atom. The molecule has 5 heteroatoms. The molecule has 0 radical (unpaired) electrons. The third-order valence-corrected chi connectivity index (χ3v) is 7.29. The molecule has 0 aliphatic heterocycles. The van der Waals surface area contributed by atoms with Crippen molar-refractivity contribution in [3.05, 3.63) is 35.1 Å². The van der Waals surface area contributed by atoms with Crippen molar-refractivity contribution in [3.63, 3.8) is 0 Å². The molecule has 0 heterocycles. The zero-order valence-electron chi connectivity index (χ0n) is 16.3. The van der Waals surface area contributed by atoms with E-state index < -0.39 is 29.3 Å². The topological polar surface area (TPSA) is 91.7 Å². The fourth-order valence-corrected chi connectivity index (χ4v) is 5.59. The Hall–Kier alpha value is -2.01. The molecule has 3 aliphatic rings. The first-order chi connectivity index (χ1) is 12.5. The van der Waals surface area contributed by atoms with Crippen LogP contribution in [0.25, 0.3) is 0 Å². The largest absolute Gasteiger partial charge is 0.504 e. The van der Waals surface area contributed by atoms with Gasteiger partial charge in [-0.25, -0.2) is 0 Å². The number of Topliss-reactive ketones (excluding diaryl/α,β-unsaturated/α-hetero) is 2. The van der Waals surface area contributed by atoms with E-state index in [1.54, 1.807) is 0 Å². The summed E-state index contributed by atoms with van der Waals surface area (Å²) in [4.78, 5) is 37.2. The van der Waals surface area contributed by atoms with E-state index in [9.17, 15) is 24.6 Å². The van der Waals surface area contributed by atoms with Crippen LogP contribution in [0.3, 0.4) is 0 Å². The molecule has 0 aromatic rings. The maximum absolute atomic E-state index is 12.5. The van der Waals surface area contributed by atoms with E-state index in [1.165, 1.54) is 0 Å². The second-order valence-electron chi connectivity index (χ2n) is 9.01. The van der Waals surface area contributed by atoms with Crippen molar-refractivity contribution in [3.8, 4) is 0 Å². The predicted molar refractivity (Wildman–Crippen MR) is 101 cm³/mol. The number of carbonyl (C=O) groups excluding carboxylic acids is 3. The lowest BCUT2D eigenvalue weighted by Crippen LogP contribution is -2.53. The second-order valence-corrected chi connectivity index (χ2v) is 9.01. The highest BCUT2D eigenvalue weighted by molar-refractivity contribution is 6.21. The van der Waals surface area contributed by atoms with Gasteiger partial charge in [-0.2, -0.15) is 0 Å². The van der Waals surface area contributed by atoms with Crippen molar-refractivity contribution < 1.29 is 24.6 Å². The number of carbonyl (C=O) groups is 3. The number of hydrogen-bond donors (Lipinski definition) is 2. The first kappa shape index (κ1) is 19.7. The number of aliphatic hydroxyl groups is 2. The molecule has 0 bridgehead atoms. The molecule has 0 saturated heterocycles. The van der Waals surface area contributed by atoms with Crippen LogP contribution in [0.5, 0.6) is 0 Å². The van der Waals surface area contributed by atoms with Crippen molar-refractivity contribution in [2.75, 3.05) is 6.61 Å². The van der Waals surface area contributed by atoms with E-state index in [4.69, 9.17) is 0 Å². The molecule has 0 amide bonds. The second kappa shape index (κ2) is 6.55. The lowest BCUT2D eigenvalue weighted by molar-refractivity contribution is -0.144. The van der Waals surface area contributed by atoms with Gasteiger partial charge < -0.3 is 10.2 Å². The number of rotatable bonds is 3. The lowest BCUT2D eigenvalue weighted by atomic mass is 9.46. The van der Waals surface area contributed by atoms with Crippen LogP contribution in [0.4, 0.5) is 0 Å². The van der Waals surface area contributed by atoms with Gasteiger partial charge in [0, 0.05) is 23.0 Å². The highest BCUT2D eigenvalue weighted by Gasteiger charge is 2.56. The number of fused-ring (bicyclic) bond motifs is 1. The summed E-state index contributed by atoms with van der Waals surface area (Å²) in [6.07, 6.45) is 4.24. The standard InChI is InChI=1S/C22H28O5/c1-12-5-6-17-21(2,3)18(25)7-8-22(17,4)15(12)10-14-16(24)9-13(11-23)19(26)20(14)27/h9,15,17,23,27H,1,5-8,10-11H2,2-4H3/t15-,17-,22-/m0/s1. The van der Waals surface area contributed by atoms with Gasteiger partial charge in [0.15, 0.2) is 11.5 Å². The van der Waals surface area contributed by atoms with Crippen LogP contribution < -0.4 is 0 Å². The quantitative estimate of drug-likeness (QED) is 0.586. The molecule has 2 saturated carbocycles. The summed E-state index contributed by atoms with van der Waals surface area (Å²) in [7, 11) is 0. The molecule has 5 nitrogen and oxygen atoms in total. The summed E-state index contributed by atoms with van der Waals surface area (Å²) in [5, 5.41) is 19.5. The number of hydrogen-bond acceptors (Lipinski definition) is 5. The van der Waals surface area contributed by atoms with Gasteiger partial charge >= 0.3 is 0 Å². The third kappa shape index (κ3) is 2.92. The normalized spacial score (nSPS) is 33.9. The van der Waals surface area contributed by atoms with Gasteiger partial charge in [0.25, 0.3) is 0 Å². The number of ketones is 3. The SMILES string of the molecule is C=C1CC[C@H]2C(C)(C)C(=O)CC[C@@]2(C)[C@H]1CC1=C(O)C(=O)C(CO)=CC1=O. The molecule has 3 atom stereocenters. The number of aliphatic hydroxyl groups excluding tert-OH is 2. The summed E-state index contributed by atoms with van der Waals surface area (Å²) in [6, 6.07) is 0. The van der Waals surface area contributed by atoms with Crippen molar-refractivity contribution in [1.82, 2.24) is 0 Å². The minimum Gasteiger partial charge on any atom is -0.504 e. The fraction of sp³-hybridized carbons (Fsp3) is 0.591.